The number of sulfonamides is 1. The molecule has 0 aliphatic rings. The molecular formula is C10H11BrN4O2S. The molecule has 96 valence electrons. The molecule has 2 rings (SSSR count). The maximum atomic E-state index is 12.0. The molecule has 0 spiro atoms. The van der Waals surface area contributed by atoms with Gasteiger partial charge in [-0.3, -0.25) is 9.67 Å². The summed E-state index contributed by atoms with van der Waals surface area (Å²) < 4.78 is 28.7. The summed E-state index contributed by atoms with van der Waals surface area (Å²) in [5, 5.41) is 3.97. The Morgan fingerprint density at radius 2 is 2.17 bits per heavy atom. The lowest BCUT2D eigenvalue weighted by Crippen LogP contribution is -2.23. The van der Waals surface area contributed by atoms with E-state index in [2.05, 4.69) is 30.7 Å². The van der Waals surface area contributed by atoms with E-state index in [1.54, 1.807) is 24.1 Å². The smallest absolute Gasteiger partial charge is 0.242 e. The number of pyridine rings is 1. The summed E-state index contributed by atoms with van der Waals surface area (Å²) >= 11 is 3.19. The Kier molecular flexibility index (Phi) is 3.79. The summed E-state index contributed by atoms with van der Waals surface area (Å²) in [7, 11) is -1.78. The largest absolute Gasteiger partial charge is 0.275 e. The van der Waals surface area contributed by atoms with Gasteiger partial charge in [0.25, 0.3) is 0 Å². The van der Waals surface area contributed by atoms with Crippen molar-refractivity contribution in [3.8, 4) is 0 Å². The lowest BCUT2D eigenvalue weighted by molar-refractivity contribution is 0.581. The molecule has 0 radical (unpaired) electrons. The van der Waals surface area contributed by atoms with E-state index in [0.717, 1.165) is 5.56 Å². The first-order chi connectivity index (χ1) is 8.47. The number of aryl methyl sites for hydroxylation is 1. The van der Waals surface area contributed by atoms with Crippen molar-refractivity contribution in [3.05, 3.63) is 40.9 Å². The van der Waals surface area contributed by atoms with Crippen LogP contribution in [0.25, 0.3) is 0 Å². The van der Waals surface area contributed by atoms with Gasteiger partial charge in [-0.05, 0) is 22.0 Å². The Morgan fingerprint density at radius 3 is 2.78 bits per heavy atom. The van der Waals surface area contributed by atoms with Crippen molar-refractivity contribution in [1.29, 1.82) is 0 Å². The van der Waals surface area contributed by atoms with Gasteiger partial charge in [-0.1, -0.05) is 0 Å². The van der Waals surface area contributed by atoms with E-state index in [-0.39, 0.29) is 11.4 Å². The highest BCUT2D eigenvalue weighted by Gasteiger charge is 2.14. The van der Waals surface area contributed by atoms with E-state index in [1.807, 2.05) is 0 Å². The summed E-state index contributed by atoms with van der Waals surface area (Å²) in [6.07, 6.45) is 6.19. The van der Waals surface area contributed by atoms with E-state index >= 15 is 0 Å². The van der Waals surface area contributed by atoms with E-state index in [0.29, 0.717) is 4.47 Å². The van der Waals surface area contributed by atoms with Gasteiger partial charge in [-0.15, -0.1) is 0 Å². The average Bonchev–Trinajstić information content (AvgIpc) is 2.73. The van der Waals surface area contributed by atoms with Gasteiger partial charge in [-0.2, -0.15) is 5.10 Å². The summed E-state index contributed by atoms with van der Waals surface area (Å²) in [6.45, 7) is 0.197. The molecule has 6 nitrogen and oxygen atoms in total. The van der Waals surface area contributed by atoms with Gasteiger partial charge in [0, 0.05) is 42.2 Å². The van der Waals surface area contributed by atoms with Crippen molar-refractivity contribution in [2.24, 2.45) is 7.05 Å². The zero-order valence-electron chi connectivity index (χ0n) is 9.54. The topological polar surface area (TPSA) is 76.9 Å². The lowest BCUT2D eigenvalue weighted by atomic mass is 10.4. The standard InChI is InChI=1S/C10H11BrN4O2S/c1-15-7-8(3-13-15)4-14-18(16,17)10-2-9(11)5-12-6-10/h2-3,5-7,14H,4H2,1H3. The van der Waals surface area contributed by atoms with E-state index in [4.69, 9.17) is 0 Å². The van der Waals surface area contributed by atoms with Crippen molar-refractivity contribution in [2.45, 2.75) is 11.4 Å². The molecule has 0 saturated carbocycles. The van der Waals surface area contributed by atoms with Crippen molar-refractivity contribution < 1.29 is 8.42 Å². The van der Waals surface area contributed by atoms with E-state index in [1.165, 1.54) is 18.5 Å². The molecule has 18 heavy (non-hydrogen) atoms. The van der Waals surface area contributed by atoms with Gasteiger partial charge < -0.3 is 0 Å². The van der Waals surface area contributed by atoms with Crippen molar-refractivity contribution >= 4 is 26.0 Å². The summed E-state index contributed by atoms with van der Waals surface area (Å²) in [4.78, 5) is 3.95. The van der Waals surface area contributed by atoms with Crippen molar-refractivity contribution in [3.63, 3.8) is 0 Å². The first-order valence-electron chi connectivity index (χ1n) is 5.05. The van der Waals surface area contributed by atoms with Crippen LogP contribution in [0.3, 0.4) is 0 Å². The van der Waals surface area contributed by atoms with Gasteiger partial charge >= 0.3 is 0 Å². The quantitative estimate of drug-likeness (QED) is 0.909. The number of nitrogens with one attached hydrogen (secondary N) is 1. The Bertz CT molecular complexity index is 653. The monoisotopic (exact) mass is 330 g/mol. The van der Waals surface area contributed by atoms with Crippen LogP contribution in [-0.4, -0.2) is 23.2 Å². The number of hydrogen-bond donors (Lipinski definition) is 1. The third-order valence-corrected chi connectivity index (χ3v) is 4.02. The van der Waals surface area contributed by atoms with E-state index < -0.39 is 10.0 Å². The third-order valence-electron chi connectivity index (χ3n) is 2.21. The molecule has 2 aromatic rings. The minimum atomic E-state index is -3.55. The molecule has 0 bridgehead atoms. The third kappa shape index (κ3) is 3.15. The molecule has 2 aromatic heterocycles. The van der Waals surface area contributed by atoms with Gasteiger partial charge in [0.2, 0.25) is 10.0 Å². The molecule has 0 aliphatic heterocycles. The van der Waals surface area contributed by atoms with Crippen LogP contribution < -0.4 is 4.72 Å². The van der Waals surface area contributed by atoms with Gasteiger partial charge in [0.15, 0.2) is 0 Å². The van der Waals surface area contributed by atoms with Crippen molar-refractivity contribution in [2.75, 3.05) is 0 Å². The predicted octanol–water partition coefficient (Wildman–Crippen LogP) is 1.06. The van der Waals surface area contributed by atoms with Crippen LogP contribution in [0.15, 0.2) is 40.2 Å². The number of rotatable bonds is 4. The minimum absolute atomic E-state index is 0.126. The molecule has 1 N–H and O–H groups in total. The predicted molar refractivity (Wildman–Crippen MR) is 69.2 cm³/mol. The fraction of sp³-hybridized carbons (Fsp3) is 0.200. The zero-order chi connectivity index (χ0) is 13.2. The normalized spacial score (nSPS) is 11.7. The number of aromatic nitrogens is 3. The highest BCUT2D eigenvalue weighted by atomic mass is 79.9. The molecule has 0 saturated heterocycles. The SMILES string of the molecule is Cn1cc(CNS(=O)(=O)c2cncc(Br)c2)cn1. The highest BCUT2D eigenvalue weighted by Crippen LogP contribution is 2.14. The number of hydrogen-bond acceptors (Lipinski definition) is 4. The zero-order valence-corrected chi connectivity index (χ0v) is 11.9. The average molecular weight is 331 g/mol. The van der Waals surface area contributed by atoms with Gasteiger partial charge in [0.05, 0.1) is 6.20 Å². The van der Waals surface area contributed by atoms with Gasteiger partial charge in [-0.25, -0.2) is 13.1 Å². The molecule has 0 aromatic carbocycles. The molecule has 0 atom stereocenters. The fourth-order valence-corrected chi connectivity index (χ4v) is 2.89. The molecule has 0 unspecified atom stereocenters. The molecule has 0 fully saturated rings. The maximum Gasteiger partial charge on any atom is 0.242 e. The molecule has 8 heteroatoms. The lowest BCUT2D eigenvalue weighted by Gasteiger charge is -2.05. The van der Waals surface area contributed by atoms with E-state index in [9.17, 15) is 8.42 Å². The van der Waals surface area contributed by atoms with Crippen LogP contribution in [0.2, 0.25) is 0 Å². The Labute approximate surface area is 113 Å². The second kappa shape index (κ2) is 5.17. The molecule has 0 aliphatic carbocycles. The highest BCUT2D eigenvalue weighted by molar-refractivity contribution is 9.10. The van der Waals surface area contributed by atoms with Crippen LogP contribution >= 0.6 is 15.9 Å². The first kappa shape index (κ1) is 13.2. The second-order valence-corrected chi connectivity index (χ2v) is 6.37. The second-order valence-electron chi connectivity index (χ2n) is 3.69. The van der Waals surface area contributed by atoms with Crippen LogP contribution in [-0.2, 0) is 23.6 Å². The molecule has 0 amide bonds. The van der Waals surface area contributed by atoms with Crippen LogP contribution in [0.5, 0.6) is 0 Å². The number of nitrogens with zero attached hydrogens (tertiary/aromatic N) is 3. The van der Waals surface area contributed by atoms with Crippen molar-refractivity contribution in [1.82, 2.24) is 19.5 Å². The maximum absolute atomic E-state index is 12.0. The fourth-order valence-electron chi connectivity index (χ4n) is 1.36. The summed E-state index contributed by atoms with van der Waals surface area (Å²) in [5.74, 6) is 0. The first-order valence-corrected chi connectivity index (χ1v) is 7.33. The Morgan fingerprint density at radius 1 is 1.39 bits per heavy atom. The summed E-state index contributed by atoms with van der Waals surface area (Å²) in [5.41, 5.74) is 0.795. The van der Waals surface area contributed by atoms with Crippen LogP contribution in [0.1, 0.15) is 5.56 Å². The van der Waals surface area contributed by atoms with Crippen LogP contribution in [0.4, 0.5) is 0 Å². The van der Waals surface area contributed by atoms with Crippen LogP contribution in [0, 0.1) is 0 Å². The minimum Gasteiger partial charge on any atom is -0.275 e. The number of halogens is 1. The van der Waals surface area contributed by atoms with Gasteiger partial charge in [0.1, 0.15) is 4.90 Å². The molecule has 2 heterocycles. The summed E-state index contributed by atoms with van der Waals surface area (Å²) in [6, 6.07) is 1.50. The molecular weight excluding hydrogens is 320 g/mol. The Balaban J connectivity index is 2.13. The Hall–Kier alpha value is -1.25.